The predicted octanol–water partition coefficient (Wildman–Crippen LogP) is 2.24. The van der Waals surface area contributed by atoms with Crippen molar-refractivity contribution in [1.29, 1.82) is 0 Å². The number of rotatable bonds is 4. The first-order valence-electron chi connectivity index (χ1n) is 5.71. The quantitative estimate of drug-likeness (QED) is 0.903. The molecule has 0 spiro atoms. The number of hydrogen-bond donors (Lipinski definition) is 1. The van der Waals surface area contributed by atoms with Crippen LogP contribution in [0.3, 0.4) is 0 Å². The molecular formula is C13H15F2N3. The molecule has 0 radical (unpaired) electrons. The molecule has 5 heteroatoms. The molecule has 0 amide bonds. The van der Waals surface area contributed by atoms with E-state index in [-0.39, 0.29) is 0 Å². The number of aromatic nitrogens is 2. The Labute approximate surface area is 104 Å². The number of imidazole rings is 1. The molecule has 1 N–H and O–H groups in total. The van der Waals surface area contributed by atoms with Crippen LogP contribution in [0.15, 0.2) is 24.4 Å². The van der Waals surface area contributed by atoms with E-state index in [0.29, 0.717) is 18.7 Å². The Bertz CT molecular complexity index is 549. The fourth-order valence-electron chi connectivity index (χ4n) is 1.87. The minimum atomic E-state index is -0.823. The van der Waals surface area contributed by atoms with Gasteiger partial charge in [0.15, 0.2) is 11.6 Å². The standard InChI is InChI=1S/C13H15F2N3/c1-9-17-7-11(6-16-2)18(9)8-10-3-4-12(14)13(15)5-10/h3-5,7,16H,6,8H2,1-2H3. The summed E-state index contributed by atoms with van der Waals surface area (Å²) < 4.78 is 28.0. The summed E-state index contributed by atoms with van der Waals surface area (Å²) in [5.74, 6) is -0.790. The third-order valence-corrected chi connectivity index (χ3v) is 2.82. The Balaban J connectivity index is 2.27. The molecule has 0 saturated carbocycles. The van der Waals surface area contributed by atoms with Crippen LogP contribution in [0.25, 0.3) is 0 Å². The maximum Gasteiger partial charge on any atom is 0.159 e. The molecule has 18 heavy (non-hydrogen) atoms. The van der Waals surface area contributed by atoms with E-state index in [4.69, 9.17) is 0 Å². The van der Waals surface area contributed by atoms with Gasteiger partial charge in [-0.05, 0) is 31.7 Å². The molecule has 0 aliphatic carbocycles. The van der Waals surface area contributed by atoms with E-state index in [0.717, 1.165) is 17.6 Å². The van der Waals surface area contributed by atoms with Gasteiger partial charge in [-0.25, -0.2) is 13.8 Å². The zero-order chi connectivity index (χ0) is 13.1. The van der Waals surface area contributed by atoms with Gasteiger partial charge >= 0.3 is 0 Å². The van der Waals surface area contributed by atoms with E-state index in [1.54, 1.807) is 12.3 Å². The van der Waals surface area contributed by atoms with Crippen LogP contribution in [0.1, 0.15) is 17.1 Å². The number of benzene rings is 1. The van der Waals surface area contributed by atoms with Crippen LogP contribution in [0.5, 0.6) is 0 Å². The molecule has 0 bridgehead atoms. The second-order valence-electron chi connectivity index (χ2n) is 4.16. The molecule has 2 rings (SSSR count). The van der Waals surface area contributed by atoms with Crippen molar-refractivity contribution >= 4 is 0 Å². The van der Waals surface area contributed by atoms with E-state index in [1.165, 1.54) is 6.07 Å². The van der Waals surface area contributed by atoms with E-state index in [9.17, 15) is 8.78 Å². The average Bonchev–Trinajstić information content (AvgIpc) is 2.67. The molecule has 96 valence electrons. The fourth-order valence-corrected chi connectivity index (χ4v) is 1.87. The van der Waals surface area contributed by atoms with Gasteiger partial charge in [-0.2, -0.15) is 0 Å². The minimum Gasteiger partial charge on any atom is -0.327 e. The molecule has 0 aliphatic heterocycles. The Morgan fingerprint density at radius 2 is 2.06 bits per heavy atom. The Kier molecular flexibility index (Phi) is 3.72. The lowest BCUT2D eigenvalue weighted by Gasteiger charge is -2.10. The lowest BCUT2D eigenvalue weighted by atomic mass is 10.2. The maximum atomic E-state index is 13.1. The van der Waals surface area contributed by atoms with Crippen molar-refractivity contribution in [1.82, 2.24) is 14.9 Å². The van der Waals surface area contributed by atoms with E-state index < -0.39 is 11.6 Å². The average molecular weight is 251 g/mol. The van der Waals surface area contributed by atoms with Gasteiger partial charge in [-0.1, -0.05) is 6.07 Å². The summed E-state index contributed by atoms with van der Waals surface area (Å²) in [5, 5.41) is 3.05. The van der Waals surface area contributed by atoms with Crippen molar-refractivity contribution < 1.29 is 8.78 Å². The van der Waals surface area contributed by atoms with Gasteiger partial charge in [0.05, 0.1) is 5.69 Å². The molecule has 2 aromatic rings. The van der Waals surface area contributed by atoms with Gasteiger partial charge in [0.25, 0.3) is 0 Å². The van der Waals surface area contributed by atoms with Gasteiger partial charge in [0, 0.05) is 19.3 Å². The number of aryl methyl sites for hydroxylation is 1. The molecule has 0 aliphatic rings. The van der Waals surface area contributed by atoms with Crippen LogP contribution in [0.4, 0.5) is 8.78 Å². The second kappa shape index (κ2) is 5.27. The molecule has 0 atom stereocenters. The highest BCUT2D eigenvalue weighted by Gasteiger charge is 2.08. The molecule has 0 saturated heterocycles. The molecule has 1 heterocycles. The van der Waals surface area contributed by atoms with Crippen LogP contribution in [0, 0.1) is 18.6 Å². The van der Waals surface area contributed by atoms with Crippen molar-refractivity contribution in [2.45, 2.75) is 20.0 Å². The van der Waals surface area contributed by atoms with E-state index in [1.807, 2.05) is 18.5 Å². The van der Waals surface area contributed by atoms with Gasteiger partial charge < -0.3 is 9.88 Å². The highest BCUT2D eigenvalue weighted by molar-refractivity contribution is 5.19. The molecule has 0 unspecified atom stereocenters. The summed E-state index contributed by atoms with van der Waals surface area (Å²) in [4.78, 5) is 4.23. The summed E-state index contributed by atoms with van der Waals surface area (Å²) in [6.07, 6.45) is 1.78. The van der Waals surface area contributed by atoms with Crippen molar-refractivity contribution in [3.8, 4) is 0 Å². The maximum absolute atomic E-state index is 13.1. The summed E-state index contributed by atoms with van der Waals surface area (Å²) in [7, 11) is 1.85. The van der Waals surface area contributed by atoms with Gasteiger partial charge in [0.2, 0.25) is 0 Å². The number of hydrogen-bond acceptors (Lipinski definition) is 2. The Hall–Kier alpha value is -1.75. The van der Waals surface area contributed by atoms with Crippen molar-refractivity contribution in [2.24, 2.45) is 0 Å². The minimum absolute atomic E-state index is 0.486. The normalized spacial score (nSPS) is 10.9. The molecule has 0 fully saturated rings. The van der Waals surface area contributed by atoms with Crippen LogP contribution in [0.2, 0.25) is 0 Å². The Morgan fingerprint density at radius 3 is 2.72 bits per heavy atom. The monoisotopic (exact) mass is 251 g/mol. The molecular weight excluding hydrogens is 236 g/mol. The topological polar surface area (TPSA) is 29.9 Å². The van der Waals surface area contributed by atoms with Crippen molar-refractivity contribution in [3.63, 3.8) is 0 Å². The highest BCUT2D eigenvalue weighted by atomic mass is 19.2. The van der Waals surface area contributed by atoms with Crippen LogP contribution in [-0.2, 0) is 13.1 Å². The number of halogens is 2. The summed E-state index contributed by atoms with van der Waals surface area (Å²) in [5.41, 5.74) is 1.73. The van der Waals surface area contributed by atoms with E-state index >= 15 is 0 Å². The first-order valence-corrected chi connectivity index (χ1v) is 5.71. The first kappa shape index (κ1) is 12.7. The predicted molar refractivity (Wildman–Crippen MR) is 65.2 cm³/mol. The SMILES string of the molecule is CNCc1cnc(C)n1Cc1ccc(F)c(F)c1. The summed E-state index contributed by atoms with van der Waals surface area (Å²) in [6, 6.07) is 3.95. The largest absolute Gasteiger partial charge is 0.327 e. The van der Waals surface area contributed by atoms with Crippen LogP contribution < -0.4 is 5.32 Å². The Morgan fingerprint density at radius 1 is 1.28 bits per heavy atom. The summed E-state index contributed by atoms with van der Waals surface area (Å²) in [6.45, 7) is 3.06. The third-order valence-electron chi connectivity index (χ3n) is 2.82. The van der Waals surface area contributed by atoms with E-state index in [2.05, 4.69) is 10.3 Å². The van der Waals surface area contributed by atoms with Crippen molar-refractivity contribution in [2.75, 3.05) is 7.05 Å². The number of nitrogens with zero attached hydrogens (tertiary/aromatic N) is 2. The molecule has 3 nitrogen and oxygen atoms in total. The first-order chi connectivity index (χ1) is 8.61. The number of nitrogens with one attached hydrogen (secondary N) is 1. The zero-order valence-electron chi connectivity index (χ0n) is 10.4. The van der Waals surface area contributed by atoms with Crippen molar-refractivity contribution in [3.05, 3.63) is 53.1 Å². The molecule has 1 aromatic carbocycles. The van der Waals surface area contributed by atoms with Gasteiger partial charge in [-0.15, -0.1) is 0 Å². The lowest BCUT2D eigenvalue weighted by Crippen LogP contribution is -2.13. The highest BCUT2D eigenvalue weighted by Crippen LogP contribution is 2.13. The zero-order valence-corrected chi connectivity index (χ0v) is 10.4. The van der Waals surface area contributed by atoms with Gasteiger partial charge in [0.1, 0.15) is 5.82 Å². The fraction of sp³-hybridized carbons (Fsp3) is 0.308. The summed E-state index contributed by atoms with van der Waals surface area (Å²) >= 11 is 0. The lowest BCUT2D eigenvalue weighted by molar-refractivity contribution is 0.506. The van der Waals surface area contributed by atoms with Gasteiger partial charge in [-0.3, -0.25) is 0 Å². The third kappa shape index (κ3) is 2.56. The molecule has 1 aromatic heterocycles. The van der Waals surface area contributed by atoms with Crippen LogP contribution >= 0.6 is 0 Å². The van der Waals surface area contributed by atoms with Crippen LogP contribution in [-0.4, -0.2) is 16.6 Å². The smallest absolute Gasteiger partial charge is 0.159 e. The second-order valence-corrected chi connectivity index (χ2v) is 4.16.